The summed E-state index contributed by atoms with van der Waals surface area (Å²) in [4.78, 5) is 11.7. The van der Waals surface area contributed by atoms with Gasteiger partial charge >= 0.3 is 0 Å². The largest absolute Gasteiger partial charge is 0.390 e. The molecule has 3 unspecified atom stereocenters. The van der Waals surface area contributed by atoms with Crippen LogP contribution < -0.4 is 0 Å². The van der Waals surface area contributed by atoms with E-state index in [1.54, 1.807) is 6.92 Å². The molecule has 1 heterocycles. The number of carbonyl (C=O) groups is 1. The maximum atomic E-state index is 11.7. The average Bonchev–Trinajstić information content (AvgIpc) is 2.72. The molecule has 0 aromatic heterocycles. The van der Waals surface area contributed by atoms with E-state index in [9.17, 15) is 9.90 Å². The van der Waals surface area contributed by atoms with Gasteiger partial charge in [0.05, 0.1) is 11.5 Å². The Morgan fingerprint density at radius 3 is 2.67 bits per heavy atom. The average molecular weight is 212 g/mol. The van der Waals surface area contributed by atoms with Crippen LogP contribution in [0.15, 0.2) is 0 Å². The van der Waals surface area contributed by atoms with Gasteiger partial charge in [-0.3, -0.25) is 4.79 Å². The number of hydrogen-bond acceptors (Lipinski definition) is 4. The van der Waals surface area contributed by atoms with Gasteiger partial charge in [0.15, 0.2) is 5.79 Å². The maximum Gasteiger partial charge on any atom is 0.163 e. The Labute approximate surface area is 88.6 Å². The minimum atomic E-state index is -0.674. The van der Waals surface area contributed by atoms with Crippen LogP contribution in [0.1, 0.15) is 27.2 Å². The van der Waals surface area contributed by atoms with E-state index >= 15 is 0 Å². The third kappa shape index (κ3) is 0.998. The molecule has 15 heavy (non-hydrogen) atoms. The van der Waals surface area contributed by atoms with E-state index in [0.717, 1.165) is 6.42 Å². The van der Waals surface area contributed by atoms with Crippen LogP contribution in [0, 0.1) is 11.3 Å². The molecule has 1 N–H and O–H groups in total. The van der Waals surface area contributed by atoms with E-state index in [2.05, 4.69) is 0 Å². The van der Waals surface area contributed by atoms with Gasteiger partial charge < -0.3 is 14.6 Å². The van der Waals surface area contributed by atoms with Crippen LogP contribution in [0.2, 0.25) is 0 Å². The van der Waals surface area contributed by atoms with Crippen LogP contribution in [0.5, 0.6) is 0 Å². The van der Waals surface area contributed by atoms with Crippen molar-refractivity contribution in [3.63, 3.8) is 0 Å². The highest BCUT2D eigenvalue weighted by molar-refractivity contribution is 5.87. The molecule has 2 aliphatic carbocycles. The number of hydrogen-bond donors (Lipinski definition) is 1. The highest BCUT2D eigenvalue weighted by Gasteiger charge is 2.77. The SMILES string of the molecule is CC(=O)[C@]12CC1C(O)[C@@H]1OC(C)(C)OC12. The molecule has 4 heteroatoms. The Kier molecular flexibility index (Phi) is 1.59. The van der Waals surface area contributed by atoms with Crippen LogP contribution in [0.3, 0.4) is 0 Å². The van der Waals surface area contributed by atoms with Crippen molar-refractivity contribution in [2.24, 2.45) is 11.3 Å². The van der Waals surface area contributed by atoms with Gasteiger partial charge in [0.25, 0.3) is 0 Å². The number of aliphatic hydroxyl groups excluding tert-OH is 1. The van der Waals surface area contributed by atoms with E-state index < -0.39 is 17.3 Å². The number of Topliss-reactive ketones (excluding diaryl/α,β-unsaturated/α-hetero) is 1. The Balaban J connectivity index is 1.96. The zero-order valence-corrected chi connectivity index (χ0v) is 9.19. The van der Waals surface area contributed by atoms with Gasteiger partial charge in [-0.1, -0.05) is 0 Å². The van der Waals surface area contributed by atoms with Crippen molar-refractivity contribution in [2.45, 2.75) is 51.3 Å². The molecule has 0 bridgehead atoms. The Bertz CT molecular complexity index is 337. The number of aliphatic hydroxyl groups is 1. The molecule has 0 amide bonds. The number of carbonyl (C=O) groups excluding carboxylic acids is 1. The minimum Gasteiger partial charge on any atom is -0.390 e. The molecular weight excluding hydrogens is 196 g/mol. The van der Waals surface area contributed by atoms with Crippen molar-refractivity contribution in [3.8, 4) is 0 Å². The summed E-state index contributed by atoms with van der Waals surface area (Å²) in [5.74, 6) is -0.492. The van der Waals surface area contributed by atoms with Gasteiger partial charge in [0.1, 0.15) is 18.0 Å². The van der Waals surface area contributed by atoms with Gasteiger partial charge in [0.2, 0.25) is 0 Å². The zero-order valence-electron chi connectivity index (χ0n) is 9.19. The van der Waals surface area contributed by atoms with Gasteiger partial charge in [-0.2, -0.15) is 0 Å². The molecule has 3 fully saturated rings. The monoisotopic (exact) mass is 212 g/mol. The number of rotatable bonds is 1. The lowest BCUT2D eigenvalue weighted by molar-refractivity contribution is -0.169. The summed E-state index contributed by atoms with van der Waals surface area (Å²) in [6.07, 6.45) is -0.349. The lowest BCUT2D eigenvalue weighted by Gasteiger charge is -2.21. The summed E-state index contributed by atoms with van der Waals surface area (Å²) < 4.78 is 11.4. The molecule has 1 aliphatic heterocycles. The fourth-order valence-electron chi connectivity index (χ4n) is 3.33. The summed E-state index contributed by atoms with van der Waals surface area (Å²) in [5, 5.41) is 10.00. The number of ketones is 1. The fourth-order valence-corrected chi connectivity index (χ4v) is 3.33. The summed E-state index contributed by atoms with van der Waals surface area (Å²) in [6, 6.07) is 0. The summed E-state index contributed by atoms with van der Waals surface area (Å²) in [5.41, 5.74) is -0.447. The summed E-state index contributed by atoms with van der Waals surface area (Å²) in [7, 11) is 0. The van der Waals surface area contributed by atoms with Gasteiger partial charge in [-0.15, -0.1) is 0 Å². The molecule has 2 saturated carbocycles. The molecule has 0 aromatic carbocycles. The Morgan fingerprint density at radius 2 is 2.07 bits per heavy atom. The zero-order chi connectivity index (χ0) is 11.0. The van der Waals surface area contributed by atoms with Crippen molar-refractivity contribution >= 4 is 5.78 Å². The van der Waals surface area contributed by atoms with Gasteiger partial charge in [0, 0.05) is 5.92 Å². The maximum absolute atomic E-state index is 11.7. The van der Waals surface area contributed by atoms with Crippen molar-refractivity contribution in [2.75, 3.05) is 0 Å². The molecular formula is C11H16O4. The second-order valence-corrected chi connectivity index (χ2v) is 5.42. The van der Waals surface area contributed by atoms with Crippen LogP contribution in [-0.4, -0.2) is 35.0 Å². The fraction of sp³-hybridized carbons (Fsp3) is 0.909. The van der Waals surface area contributed by atoms with Crippen molar-refractivity contribution in [1.82, 2.24) is 0 Å². The topological polar surface area (TPSA) is 55.8 Å². The first-order valence-corrected chi connectivity index (χ1v) is 5.43. The first-order chi connectivity index (χ1) is 6.88. The lowest BCUT2D eigenvalue weighted by atomic mass is 9.95. The first-order valence-electron chi connectivity index (χ1n) is 5.43. The standard InChI is InChI=1S/C11H16O4/c1-5(12)11-4-6(11)7(13)8-9(11)15-10(2,3)14-8/h6-9,13H,4H2,1-3H3/t6?,7?,8-,9?,11+/m0/s1. The van der Waals surface area contributed by atoms with Gasteiger partial charge in [-0.25, -0.2) is 0 Å². The summed E-state index contributed by atoms with van der Waals surface area (Å²) in [6.45, 7) is 5.23. The molecule has 0 aromatic rings. The smallest absolute Gasteiger partial charge is 0.163 e. The molecule has 5 atom stereocenters. The third-order valence-corrected chi connectivity index (χ3v) is 4.10. The van der Waals surface area contributed by atoms with E-state index in [1.165, 1.54) is 0 Å². The highest BCUT2D eigenvalue weighted by atomic mass is 16.8. The van der Waals surface area contributed by atoms with Crippen molar-refractivity contribution in [3.05, 3.63) is 0 Å². The number of ether oxygens (including phenoxy) is 2. The van der Waals surface area contributed by atoms with Crippen LogP contribution >= 0.6 is 0 Å². The van der Waals surface area contributed by atoms with Crippen LogP contribution in [-0.2, 0) is 14.3 Å². The summed E-state index contributed by atoms with van der Waals surface area (Å²) >= 11 is 0. The Hall–Kier alpha value is -0.450. The quantitative estimate of drug-likeness (QED) is 0.686. The molecule has 0 radical (unpaired) electrons. The van der Waals surface area contributed by atoms with Crippen LogP contribution in [0.25, 0.3) is 0 Å². The minimum absolute atomic E-state index is 0.0566. The molecule has 0 spiro atoms. The predicted octanol–water partition coefficient (Wildman–Crippen LogP) is 0.476. The van der Waals surface area contributed by atoms with E-state index in [0.29, 0.717) is 0 Å². The molecule has 1 saturated heterocycles. The second-order valence-electron chi connectivity index (χ2n) is 5.42. The molecule has 84 valence electrons. The van der Waals surface area contributed by atoms with Crippen molar-refractivity contribution < 1.29 is 19.4 Å². The van der Waals surface area contributed by atoms with Crippen LogP contribution in [0.4, 0.5) is 0 Å². The Morgan fingerprint density at radius 1 is 1.40 bits per heavy atom. The molecule has 3 rings (SSSR count). The molecule has 3 aliphatic rings. The number of fused-ring (bicyclic) bond motifs is 3. The first kappa shape index (κ1) is 9.75. The van der Waals surface area contributed by atoms with E-state index in [1.807, 2.05) is 13.8 Å². The van der Waals surface area contributed by atoms with Gasteiger partial charge in [-0.05, 0) is 27.2 Å². The van der Waals surface area contributed by atoms with Crippen molar-refractivity contribution in [1.29, 1.82) is 0 Å². The lowest BCUT2D eigenvalue weighted by Crippen LogP contribution is -2.35. The third-order valence-electron chi connectivity index (χ3n) is 4.10. The molecule has 4 nitrogen and oxygen atoms in total. The normalized spacial score (nSPS) is 54.9. The van der Waals surface area contributed by atoms with E-state index in [4.69, 9.17) is 9.47 Å². The highest BCUT2D eigenvalue weighted by Crippen LogP contribution is 2.67. The second kappa shape index (κ2) is 2.44. The van der Waals surface area contributed by atoms with E-state index in [-0.39, 0.29) is 23.9 Å². The predicted molar refractivity (Wildman–Crippen MR) is 51.1 cm³/mol.